The molecule has 1 aliphatic rings. The molecule has 1 aromatic rings. The molecule has 1 fully saturated rings. The first-order valence-electron chi connectivity index (χ1n) is 5.88. The fraction of sp³-hybridized carbons (Fsp3) is 0.727. The molecule has 0 spiro atoms. The van der Waals surface area contributed by atoms with Gasteiger partial charge in [0.1, 0.15) is 9.88 Å². The predicted octanol–water partition coefficient (Wildman–Crippen LogP) is 2.20. The van der Waals surface area contributed by atoms with Crippen molar-refractivity contribution in [1.29, 1.82) is 0 Å². The molecule has 0 amide bonds. The van der Waals surface area contributed by atoms with E-state index in [4.69, 9.17) is 0 Å². The first kappa shape index (κ1) is 13.8. The van der Waals surface area contributed by atoms with Crippen LogP contribution < -0.4 is 5.32 Å². The second-order valence-electron chi connectivity index (χ2n) is 4.56. The van der Waals surface area contributed by atoms with Crippen LogP contribution in [0.2, 0.25) is 0 Å². The topological polar surface area (TPSA) is 28.2 Å². The maximum Gasteiger partial charge on any atom is 0.427 e. The van der Waals surface area contributed by atoms with Crippen molar-refractivity contribution >= 4 is 11.3 Å². The molecule has 1 aliphatic heterocycles. The molecule has 0 aliphatic carbocycles. The Labute approximate surface area is 108 Å². The molecule has 1 unspecified atom stereocenters. The van der Waals surface area contributed by atoms with E-state index in [9.17, 15) is 13.2 Å². The largest absolute Gasteiger partial charge is 0.427 e. The second kappa shape index (κ2) is 5.54. The van der Waals surface area contributed by atoms with Crippen LogP contribution in [0.5, 0.6) is 0 Å². The number of hydrogen-bond donors (Lipinski definition) is 1. The minimum absolute atomic E-state index is 0.529. The van der Waals surface area contributed by atoms with Crippen molar-refractivity contribution in [3.8, 4) is 0 Å². The third kappa shape index (κ3) is 3.43. The van der Waals surface area contributed by atoms with Crippen LogP contribution in [-0.2, 0) is 12.7 Å². The molecule has 2 rings (SSSR count). The summed E-state index contributed by atoms with van der Waals surface area (Å²) >= 11 is 0.748. The lowest BCUT2D eigenvalue weighted by Gasteiger charge is -2.14. The van der Waals surface area contributed by atoms with Crippen LogP contribution in [0.3, 0.4) is 0 Å². The van der Waals surface area contributed by atoms with Gasteiger partial charge >= 0.3 is 6.18 Å². The lowest BCUT2D eigenvalue weighted by Crippen LogP contribution is -2.24. The SMILES string of the molecule is CNCC1CCN(Cc2ncc(C(F)(F)F)s2)C1. The summed E-state index contributed by atoms with van der Waals surface area (Å²) in [5.74, 6) is 0.594. The standard InChI is InChI=1S/C11H16F3N3S/c1-15-4-8-2-3-17(6-8)7-10-16-5-9(18-10)11(12,13)14/h5,8,15H,2-4,6-7H2,1H3. The Morgan fingerprint density at radius 1 is 1.56 bits per heavy atom. The number of rotatable bonds is 4. The molecule has 7 heteroatoms. The van der Waals surface area contributed by atoms with E-state index < -0.39 is 11.1 Å². The van der Waals surface area contributed by atoms with Crippen LogP contribution >= 0.6 is 11.3 Å². The highest BCUT2D eigenvalue weighted by Crippen LogP contribution is 2.33. The van der Waals surface area contributed by atoms with Crippen LogP contribution in [0.15, 0.2) is 6.20 Å². The van der Waals surface area contributed by atoms with Gasteiger partial charge in [-0.3, -0.25) is 4.90 Å². The van der Waals surface area contributed by atoms with Gasteiger partial charge in [0.25, 0.3) is 0 Å². The van der Waals surface area contributed by atoms with Gasteiger partial charge in [-0.05, 0) is 32.5 Å². The van der Waals surface area contributed by atoms with E-state index in [0.717, 1.165) is 43.6 Å². The summed E-state index contributed by atoms with van der Waals surface area (Å²) in [5, 5.41) is 3.68. The molecule has 1 N–H and O–H groups in total. The summed E-state index contributed by atoms with van der Waals surface area (Å²) in [6.45, 7) is 3.36. The highest BCUT2D eigenvalue weighted by Gasteiger charge is 2.33. The molecule has 102 valence electrons. The monoisotopic (exact) mass is 279 g/mol. The summed E-state index contributed by atoms with van der Waals surface area (Å²) in [7, 11) is 1.92. The highest BCUT2D eigenvalue weighted by atomic mass is 32.1. The van der Waals surface area contributed by atoms with Crippen LogP contribution in [-0.4, -0.2) is 36.6 Å². The van der Waals surface area contributed by atoms with Gasteiger partial charge in [0.15, 0.2) is 0 Å². The maximum atomic E-state index is 12.4. The van der Waals surface area contributed by atoms with Gasteiger partial charge in [0.2, 0.25) is 0 Å². The van der Waals surface area contributed by atoms with E-state index in [0.29, 0.717) is 17.5 Å². The summed E-state index contributed by atoms with van der Waals surface area (Å²) in [6, 6.07) is 0. The van der Waals surface area contributed by atoms with Gasteiger partial charge in [0, 0.05) is 6.54 Å². The fourth-order valence-corrected chi connectivity index (χ4v) is 3.04. The number of halogens is 3. The zero-order chi connectivity index (χ0) is 13.2. The Balaban J connectivity index is 1.89. The molecule has 1 aromatic heterocycles. The summed E-state index contributed by atoms with van der Waals surface area (Å²) in [4.78, 5) is 5.42. The lowest BCUT2D eigenvalue weighted by atomic mass is 10.1. The smallest absolute Gasteiger partial charge is 0.319 e. The Kier molecular flexibility index (Phi) is 4.24. The number of aromatic nitrogens is 1. The number of thiazole rings is 1. The van der Waals surface area contributed by atoms with Crippen LogP contribution in [0.4, 0.5) is 13.2 Å². The van der Waals surface area contributed by atoms with Crippen LogP contribution in [0, 0.1) is 5.92 Å². The zero-order valence-corrected chi connectivity index (χ0v) is 10.9. The van der Waals surface area contributed by atoms with E-state index in [1.54, 1.807) is 0 Å². The van der Waals surface area contributed by atoms with Crippen molar-refractivity contribution in [2.45, 2.75) is 19.1 Å². The molecular weight excluding hydrogens is 263 g/mol. The Morgan fingerprint density at radius 3 is 2.94 bits per heavy atom. The van der Waals surface area contributed by atoms with E-state index in [-0.39, 0.29) is 0 Å². The van der Waals surface area contributed by atoms with Crippen LogP contribution in [0.25, 0.3) is 0 Å². The minimum Gasteiger partial charge on any atom is -0.319 e. The molecule has 0 saturated carbocycles. The molecule has 1 atom stereocenters. The number of nitrogens with one attached hydrogen (secondary N) is 1. The fourth-order valence-electron chi connectivity index (χ4n) is 2.22. The van der Waals surface area contributed by atoms with Crippen molar-refractivity contribution < 1.29 is 13.2 Å². The quantitative estimate of drug-likeness (QED) is 0.916. The molecule has 0 bridgehead atoms. The average molecular weight is 279 g/mol. The first-order valence-corrected chi connectivity index (χ1v) is 6.69. The Morgan fingerprint density at radius 2 is 2.33 bits per heavy atom. The van der Waals surface area contributed by atoms with Gasteiger partial charge in [-0.1, -0.05) is 0 Å². The van der Waals surface area contributed by atoms with Crippen molar-refractivity contribution in [2.75, 3.05) is 26.7 Å². The van der Waals surface area contributed by atoms with E-state index >= 15 is 0 Å². The van der Waals surface area contributed by atoms with E-state index in [1.165, 1.54) is 0 Å². The lowest BCUT2D eigenvalue weighted by molar-refractivity contribution is -0.134. The number of hydrogen-bond acceptors (Lipinski definition) is 4. The number of nitrogens with zero attached hydrogens (tertiary/aromatic N) is 2. The van der Waals surface area contributed by atoms with E-state index in [2.05, 4.69) is 15.2 Å². The molecular formula is C11H16F3N3S. The second-order valence-corrected chi connectivity index (χ2v) is 5.68. The van der Waals surface area contributed by atoms with Gasteiger partial charge in [-0.25, -0.2) is 4.98 Å². The average Bonchev–Trinajstić information content (AvgIpc) is 2.88. The molecule has 3 nitrogen and oxygen atoms in total. The Hall–Kier alpha value is -0.660. The third-order valence-electron chi connectivity index (χ3n) is 3.05. The van der Waals surface area contributed by atoms with Gasteiger partial charge in [-0.15, -0.1) is 11.3 Å². The predicted molar refractivity (Wildman–Crippen MR) is 64.4 cm³/mol. The molecule has 0 radical (unpaired) electrons. The summed E-state index contributed by atoms with van der Waals surface area (Å²) in [5.41, 5.74) is 0. The third-order valence-corrected chi connectivity index (χ3v) is 4.08. The summed E-state index contributed by atoms with van der Waals surface area (Å²) in [6.07, 6.45) is -2.24. The van der Waals surface area contributed by atoms with Crippen molar-refractivity contribution in [2.24, 2.45) is 5.92 Å². The maximum absolute atomic E-state index is 12.4. The van der Waals surface area contributed by atoms with Gasteiger partial charge < -0.3 is 5.32 Å². The zero-order valence-electron chi connectivity index (χ0n) is 10.1. The van der Waals surface area contributed by atoms with Crippen molar-refractivity contribution in [1.82, 2.24) is 15.2 Å². The number of likely N-dealkylation sites (tertiary alicyclic amines) is 1. The molecule has 18 heavy (non-hydrogen) atoms. The highest BCUT2D eigenvalue weighted by molar-refractivity contribution is 7.11. The molecule has 2 heterocycles. The molecule has 1 saturated heterocycles. The van der Waals surface area contributed by atoms with E-state index in [1.807, 2.05) is 7.05 Å². The molecule has 0 aromatic carbocycles. The van der Waals surface area contributed by atoms with Gasteiger partial charge in [-0.2, -0.15) is 13.2 Å². The van der Waals surface area contributed by atoms with Crippen LogP contribution in [0.1, 0.15) is 16.3 Å². The Bertz CT molecular complexity index is 391. The van der Waals surface area contributed by atoms with Crippen molar-refractivity contribution in [3.63, 3.8) is 0 Å². The first-order chi connectivity index (χ1) is 8.49. The van der Waals surface area contributed by atoms with Crippen molar-refractivity contribution in [3.05, 3.63) is 16.1 Å². The summed E-state index contributed by atoms with van der Waals surface area (Å²) < 4.78 is 37.3. The van der Waals surface area contributed by atoms with Gasteiger partial charge in [0.05, 0.1) is 12.7 Å². The normalized spacial score (nSPS) is 21.7. The minimum atomic E-state index is -4.27. The number of alkyl halides is 3.